The van der Waals surface area contributed by atoms with E-state index in [1.807, 2.05) is 18.5 Å². The van der Waals surface area contributed by atoms with E-state index in [1.165, 1.54) is 16.2 Å². The maximum absolute atomic E-state index is 4.56. The number of hydrogen-bond acceptors (Lipinski definition) is 1. The van der Waals surface area contributed by atoms with Gasteiger partial charge < -0.3 is 4.98 Å². The van der Waals surface area contributed by atoms with Crippen molar-refractivity contribution in [2.24, 2.45) is 0 Å². The standard InChI is InChI=1S/C17H12N2/c1-2-4-15-12(3-1)7-10-19-17(15)14-5-6-16-13(11-14)8-9-18-16/h1-11,18H. The number of H-pyrrole nitrogens is 1. The number of nitrogens with zero attached hydrogens (tertiary/aromatic N) is 1. The number of pyridine rings is 1. The lowest BCUT2D eigenvalue weighted by atomic mass is 10.0. The molecule has 0 aliphatic rings. The Bertz CT molecular complexity index is 869. The molecule has 0 unspecified atom stereocenters. The van der Waals surface area contributed by atoms with Gasteiger partial charge in [-0.05, 0) is 29.7 Å². The van der Waals surface area contributed by atoms with Crippen molar-refractivity contribution in [3.8, 4) is 11.3 Å². The number of hydrogen-bond donors (Lipinski definition) is 1. The van der Waals surface area contributed by atoms with Gasteiger partial charge in [-0.25, -0.2) is 0 Å². The smallest absolute Gasteiger partial charge is 0.0780 e. The molecule has 0 aliphatic carbocycles. The second-order valence-electron chi connectivity index (χ2n) is 4.66. The Morgan fingerprint density at radius 1 is 0.842 bits per heavy atom. The summed E-state index contributed by atoms with van der Waals surface area (Å²) in [5.74, 6) is 0. The van der Waals surface area contributed by atoms with Gasteiger partial charge in [-0.3, -0.25) is 4.98 Å². The minimum Gasteiger partial charge on any atom is -0.361 e. The van der Waals surface area contributed by atoms with E-state index >= 15 is 0 Å². The van der Waals surface area contributed by atoms with E-state index in [9.17, 15) is 0 Å². The third kappa shape index (κ3) is 1.61. The highest BCUT2D eigenvalue weighted by atomic mass is 14.7. The molecule has 0 radical (unpaired) electrons. The van der Waals surface area contributed by atoms with Crippen molar-refractivity contribution < 1.29 is 0 Å². The molecular weight excluding hydrogens is 232 g/mol. The van der Waals surface area contributed by atoms with E-state index in [-0.39, 0.29) is 0 Å². The van der Waals surface area contributed by atoms with Crippen molar-refractivity contribution in [3.05, 3.63) is 67.0 Å². The number of aromatic amines is 1. The third-order valence-electron chi connectivity index (χ3n) is 3.50. The number of fused-ring (bicyclic) bond motifs is 2. The van der Waals surface area contributed by atoms with Crippen molar-refractivity contribution in [1.82, 2.24) is 9.97 Å². The van der Waals surface area contributed by atoms with Crippen LogP contribution in [0.2, 0.25) is 0 Å². The van der Waals surface area contributed by atoms with E-state index < -0.39 is 0 Å². The lowest BCUT2D eigenvalue weighted by Gasteiger charge is -2.05. The monoisotopic (exact) mass is 244 g/mol. The van der Waals surface area contributed by atoms with Gasteiger partial charge in [0.1, 0.15) is 0 Å². The second kappa shape index (κ2) is 3.95. The Balaban J connectivity index is 2.03. The first-order valence-corrected chi connectivity index (χ1v) is 6.33. The van der Waals surface area contributed by atoms with Gasteiger partial charge in [-0.15, -0.1) is 0 Å². The van der Waals surface area contributed by atoms with E-state index in [1.54, 1.807) is 0 Å². The van der Waals surface area contributed by atoms with Gasteiger partial charge in [0.05, 0.1) is 5.69 Å². The molecule has 0 fully saturated rings. The van der Waals surface area contributed by atoms with Crippen molar-refractivity contribution in [2.45, 2.75) is 0 Å². The fraction of sp³-hybridized carbons (Fsp3) is 0. The zero-order valence-corrected chi connectivity index (χ0v) is 10.3. The number of benzene rings is 2. The highest BCUT2D eigenvalue weighted by molar-refractivity contribution is 5.96. The Kier molecular flexibility index (Phi) is 2.15. The van der Waals surface area contributed by atoms with Gasteiger partial charge in [0.25, 0.3) is 0 Å². The van der Waals surface area contributed by atoms with Gasteiger partial charge in [0.2, 0.25) is 0 Å². The first kappa shape index (κ1) is 10.3. The molecule has 2 aromatic heterocycles. The molecule has 2 heteroatoms. The summed E-state index contributed by atoms with van der Waals surface area (Å²) in [6, 6.07) is 18.9. The summed E-state index contributed by atoms with van der Waals surface area (Å²) in [6.07, 6.45) is 3.84. The maximum atomic E-state index is 4.56. The van der Waals surface area contributed by atoms with Crippen LogP contribution in [0.4, 0.5) is 0 Å². The van der Waals surface area contributed by atoms with Crippen LogP contribution in [0.3, 0.4) is 0 Å². The Labute approximate surface area is 110 Å². The van der Waals surface area contributed by atoms with Crippen LogP contribution in [-0.2, 0) is 0 Å². The Morgan fingerprint density at radius 3 is 2.79 bits per heavy atom. The average Bonchev–Trinajstić information content (AvgIpc) is 2.94. The zero-order chi connectivity index (χ0) is 12.7. The zero-order valence-electron chi connectivity index (χ0n) is 10.3. The summed E-state index contributed by atoms with van der Waals surface area (Å²) >= 11 is 0. The van der Waals surface area contributed by atoms with E-state index in [2.05, 4.69) is 58.5 Å². The SMILES string of the molecule is c1ccc2c(-c3ccc4[nH]ccc4c3)nccc2c1. The molecular formula is C17H12N2. The number of aromatic nitrogens is 2. The molecule has 4 rings (SSSR count). The fourth-order valence-corrected chi connectivity index (χ4v) is 2.55. The number of nitrogens with one attached hydrogen (secondary N) is 1. The summed E-state index contributed by atoms with van der Waals surface area (Å²) in [4.78, 5) is 7.77. The number of rotatable bonds is 1. The van der Waals surface area contributed by atoms with Crippen LogP contribution in [0, 0.1) is 0 Å². The minimum absolute atomic E-state index is 1.04. The van der Waals surface area contributed by atoms with Crippen LogP contribution in [0.5, 0.6) is 0 Å². The lowest BCUT2D eigenvalue weighted by Crippen LogP contribution is -1.85. The molecule has 19 heavy (non-hydrogen) atoms. The van der Waals surface area contributed by atoms with Gasteiger partial charge in [0, 0.05) is 34.2 Å². The van der Waals surface area contributed by atoms with Gasteiger partial charge in [0.15, 0.2) is 0 Å². The van der Waals surface area contributed by atoms with Crippen molar-refractivity contribution in [1.29, 1.82) is 0 Å². The predicted octanol–water partition coefficient (Wildman–Crippen LogP) is 4.38. The van der Waals surface area contributed by atoms with Crippen LogP contribution in [0.1, 0.15) is 0 Å². The summed E-state index contributed by atoms with van der Waals surface area (Å²) in [7, 11) is 0. The molecule has 0 aliphatic heterocycles. The molecule has 0 saturated carbocycles. The maximum Gasteiger partial charge on any atom is 0.0780 e. The van der Waals surface area contributed by atoms with Crippen LogP contribution < -0.4 is 0 Å². The van der Waals surface area contributed by atoms with Gasteiger partial charge in [-0.1, -0.05) is 30.3 Å². The summed E-state index contributed by atoms with van der Waals surface area (Å²) in [6.45, 7) is 0. The van der Waals surface area contributed by atoms with Crippen molar-refractivity contribution in [3.63, 3.8) is 0 Å². The first-order valence-electron chi connectivity index (χ1n) is 6.33. The molecule has 2 nitrogen and oxygen atoms in total. The summed E-state index contributed by atoms with van der Waals surface area (Å²) in [5, 5.41) is 3.63. The minimum atomic E-state index is 1.04. The van der Waals surface area contributed by atoms with Crippen molar-refractivity contribution in [2.75, 3.05) is 0 Å². The average molecular weight is 244 g/mol. The lowest BCUT2D eigenvalue weighted by molar-refractivity contribution is 1.36. The molecule has 90 valence electrons. The second-order valence-corrected chi connectivity index (χ2v) is 4.66. The van der Waals surface area contributed by atoms with Crippen LogP contribution in [0.25, 0.3) is 32.9 Å². The molecule has 4 aromatic rings. The molecule has 0 atom stereocenters. The first-order chi connectivity index (χ1) is 9.42. The quantitative estimate of drug-likeness (QED) is 0.528. The molecule has 0 saturated heterocycles. The molecule has 0 bridgehead atoms. The van der Waals surface area contributed by atoms with Crippen molar-refractivity contribution >= 4 is 21.7 Å². The third-order valence-corrected chi connectivity index (χ3v) is 3.50. The van der Waals surface area contributed by atoms with Gasteiger partial charge in [-0.2, -0.15) is 0 Å². The van der Waals surface area contributed by atoms with Gasteiger partial charge >= 0.3 is 0 Å². The molecule has 2 aromatic carbocycles. The van der Waals surface area contributed by atoms with Crippen LogP contribution >= 0.6 is 0 Å². The van der Waals surface area contributed by atoms with E-state index in [0.29, 0.717) is 0 Å². The Hall–Kier alpha value is -2.61. The summed E-state index contributed by atoms with van der Waals surface area (Å²) in [5.41, 5.74) is 3.36. The van der Waals surface area contributed by atoms with Crippen LogP contribution in [0.15, 0.2) is 67.0 Å². The fourth-order valence-electron chi connectivity index (χ4n) is 2.55. The van der Waals surface area contributed by atoms with E-state index in [4.69, 9.17) is 0 Å². The highest BCUT2D eigenvalue weighted by Gasteiger charge is 2.05. The predicted molar refractivity (Wildman–Crippen MR) is 79.0 cm³/mol. The highest BCUT2D eigenvalue weighted by Crippen LogP contribution is 2.28. The normalized spacial score (nSPS) is 11.2. The molecule has 0 spiro atoms. The topological polar surface area (TPSA) is 28.7 Å². The molecule has 2 heterocycles. The van der Waals surface area contributed by atoms with Crippen LogP contribution in [-0.4, -0.2) is 9.97 Å². The largest absolute Gasteiger partial charge is 0.361 e. The molecule has 1 N–H and O–H groups in total. The van der Waals surface area contributed by atoms with E-state index in [0.717, 1.165) is 16.8 Å². The molecule has 0 amide bonds. The summed E-state index contributed by atoms with van der Waals surface area (Å²) < 4.78 is 0. The Morgan fingerprint density at radius 2 is 1.79 bits per heavy atom.